The van der Waals surface area contributed by atoms with Crippen LogP contribution in [-0.2, 0) is 0 Å². The van der Waals surface area contributed by atoms with Crippen molar-refractivity contribution in [3.63, 3.8) is 0 Å². The third-order valence-electron chi connectivity index (χ3n) is 2.87. The highest BCUT2D eigenvalue weighted by molar-refractivity contribution is 4.84. The summed E-state index contributed by atoms with van der Waals surface area (Å²) in [7, 11) is 0. The molecule has 84 valence electrons. The Balaban J connectivity index is 1.96. The van der Waals surface area contributed by atoms with Gasteiger partial charge in [0, 0.05) is 6.04 Å². The predicted octanol–water partition coefficient (Wildman–Crippen LogP) is 2.25. The molecule has 2 nitrogen and oxygen atoms in total. The maximum absolute atomic E-state index is 3.38. The Labute approximate surface area is 89.1 Å². The van der Waals surface area contributed by atoms with Gasteiger partial charge in [-0.1, -0.05) is 13.8 Å². The third-order valence-corrected chi connectivity index (χ3v) is 2.87. The van der Waals surface area contributed by atoms with E-state index in [1.54, 1.807) is 0 Å². The molecule has 0 unspecified atom stereocenters. The van der Waals surface area contributed by atoms with Gasteiger partial charge in [-0.25, -0.2) is 0 Å². The van der Waals surface area contributed by atoms with Crippen LogP contribution in [0.5, 0.6) is 0 Å². The SMILES string of the molecule is CCCN(CCCCNCC)C1CC1. The zero-order valence-corrected chi connectivity index (χ0v) is 9.89. The number of rotatable bonds is 9. The molecular formula is C12H26N2. The van der Waals surface area contributed by atoms with Gasteiger partial charge in [0.2, 0.25) is 0 Å². The summed E-state index contributed by atoms with van der Waals surface area (Å²) in [5, 5.41) is 3.38. The Hall–Kier alpha value is -0.0800. The second-order valence-electron chi connectivity index (χ2n) is 4.33. The van der Waals surface area contributed by atoms with Crippen molar-refractivity contribution in [1.82, 2.24) is 10.2 Å². The van der Waals surface area contributed by atoms with Gasteiger partial charge in [0.15, 0.2) is 0 Å². The van der Waals surface area contributed by atoms with E-state index in [4.69, 9.17) is 0 Å². The molecule has 0 atom stereocenters. The molecule has 0 aliphatic heterocycles. The van der Waals surface area contributed by atoms with Crippen LogP contribution in [0.4, 0.5) is 0 Å². The van der Waals surface area contributed by atoms with E-state index in [1.807, 2.05) is 0 Å². The van der Waals surface area contributed by atoms with Crippen molar-refractivity contribution in [2.75, 3.05) is 26.2 Å². The summed E-state index contributed by atoms with van der Waals surface area (Å²) in [6.07, 6.45) is 6.91. The first kappa shape index (κ1) is 12.0. The summed E-state index contributed by atoms with van der Waals surface area (Å²) in [6.45, 7) is 9.40. The molecule has 1 N–H and O–H groups in total. The van der Waals surface area contributed by atoms with Crippen LogP contribution in [0.25, 0.3) is 0 Å². The Morgan fingerprint density at radius 1 is 1.14 bits per heavy atom. The van der Waals surface area contributed by atoms with Gasteiger partial charge in [-0.15, -0.1) is 0 Å². The summed E-state index contributed by atoms with van der Waals surface area (Å²) >= 11 is 0. The van der Waals surface area contributed by atoms with Crippen molar-refractivity contribution in [3.8, 4) is 0 Å². The number of nitrogens with one attached hydrogen (secondary N) is 1. The van der Waals surface area contributed by atoms with E-state index in [0.717, 1.165) is 12.6 Å². The van der Waals surface area contributed by atoms with E-state index >= 15 is 0 Å². The minimum Gasteiger partial charge on any atom is -0.317 e. The van der Waals surface area contributed by atoms with Crippen molar-refractivity contribution >= 4 is 0 Å². The van der Waals surface area contributed by atoms with E-state index < -0.39 is 0 Å². The number of nitrogens with zero attached hydrogens (tertiary/aromatic N) is 1. The molecular weight excluding hydrogens is 172 g/mol. The fraction of sp³-hybridized carbons (Fsp3) is 1.00. The van der Waals surface area contributed by atoms with E-state index in [1.165, 1.54) is 51.7 Å². The van der Waals surface area contributed by atoms with E-state index in [2.05, 4.69) is 24.1 Å². The van der Waals surface area contributed by atoms with Crippen LogP contribution in [-0.4, -0.2) is 37.1 Å². The van der Waals surface area contributed by atoms with Gasteiger partial charge in [0.05, 0.1) is 0 Å². The maximum Gasteiger partial charge on any atom is 0.00964 e. The summed E-state index contributed by atoms with van der Waals surface area (Å²) < 4.78 is 0. The standard InChI is InChI=1S/C12H26N2/c1-3-10-14(12-7-8-12)11-6-5-9-13-4-2/h12-13H,3-11H2,1-2H3. The van der Waals surface area contributed by atoms with E-state index in [-0.39, 0.29) is 0 Å². The Morgan fingerprint density at radius 2 is 1.93 bits per heavy atom. The first-order chi connectivity index (χ1) is 6.88. The minimum absolute atomic E-state index is 0.953. The zero-order valence-electron chi connectivity index (χ0n) is 9.89. The highest BCUT2D eigenvalue weighted by Gasteiger charge is 2.27. The van der Waals surface area contributed by atoms with Gasteiger partial charge in [-0.2, -0.15) is 0 Å². The van der Waals surface area contributed by atoms with Gasteiger partial charge in [-0.05, 0) is 58.3 Å². The lowest BCUT2D eigenvalue weighted by Gasteiger charge is -2.20. The van der Waals surface area contributed by atoms with Crippen LogP contribution in [0.15, 0.2) is 0 Å². The molecule has 0 spiro atoms. The number of hydrogen-bond donors (Lipinski definition) is 1. The smallest absolute Gasteiger partial charge is 0.00964 e. The zero-order chi connectivity index (χ0) is 10.2. The molecule has 1 aliphatic rings. The lowest BCUT2D eigenvalue weighted by Crippen LogP contribution is -2.28. The third kappa shape index (κ3) is 4.97. The molecule has 1 aliphatic carbocycles. The molecule has 0 aromatic carbocycles. The molecule has 0 aromatic rings. The fourth-order valence-corrected chi connectivity index (χ4v) is 1.95. The second kappa shape index (κ2) is 7.24. The Kier molecular flexibility index (Phi) is 6.20. The second-order valence-corrected chi connectivity index (χ2v) is 4.33. The van der Waals surface area contributed by atoms with Crippen molar-refractivity contribution in [2.24, 2.45) is 0 Å². The fourth-order valence-electron chi connectivity index (χ4n) is 1.95. The average Bonchev–Trinajstić information content (AvgIpc) is 2.99. The maximum atomic E-state index is 3.38. The van der Waals surface area contributed by atoms with E-state index in [9.17, 15) is 0 Å². The van der Waals surface area contributed by atoms with Crippen molar-refractivity contribution in [2.45, 2.75) is 52.0 Å². The molecule has 0 bridgehead atoms. The normalized spacial score (nSPS) is 16.5. The Morgan fingerprint density at radius 3 is 2.50 bits per heavy atom. The van der Waals surface area contributed by atoms with Crippen LogP contribution in [0.3, 0.4) is 0 Å². The molecule has 0 amide bonds. The average molecular weight is 198 g/mol. The lowest BCUT2D eigenvalue weighted by atomic mass is 10.2. The molecule has 0 heterocycles. The van der Waals surface area contributed by atoms with Gasteiger partial charge >= 0.3 is 0 Å². The van der Waals surface area contributed by atoms with Gasteiger partial charge in [0.25, 0.3) is 0 Å². The van der Waals surface area contributed by atoms with E-state index in [0.29, 0.717) is 0 Å². The summed E-state index contributed by atoms with van der Waals surface area (Å²) in [5.74, 6) is 0. The molecule has 1 rings (SSSR count). The topological polar surface area (TPSA) is 15.3 Å². The highest BCUT2D eigenvalue weighted by Crippen LogP contribution is 2.26. The predicted molar refractivity (Wildman–Crippen MR) is 62.7 cm³/mol. The van der Waals surface area contributed by atoms with Gasteiger partial charge in [0.1, 0.15) is 0 Å². The number of hydrogen-bond acceptors (Lipinski definition) is 2. The molecule has 1 saturated carbocycles. The molecule has 0 radical (unpaired) electrons. The quantitative estimate of drug-likeness (QED) is 0.572. The van der Waals surface area contributed by atoms with Crippen molar-refractivity contribution in [3.05, 3.63) is 0 Å². The molecule has 2 heteroatoms. The Bertz CT molecular complexity index is 132. The van der Waals surface area contributed by atoms with Crippen LogP contribution in [0, 0.1) is 0 Å². The summed E-state index contributed by atoms with van der Waals surface area (Å²) in [6, 6.07) is 0.953. The molecule has 14 heavy (non-hydrogen) atoms. The first-order valence-corrected chi connectivity index (χ1v) is 6.33. The van der Waals surface area contributed by atoms with Crippen LogP contribution < -0.4 is 5.32 Å². The minimum atomic E-state index is 0.953. The van der Waals surface area contributed by atoms with Crippen LogP contribution >= 0.6 is 0 Å². The number of unbranched alkanes of at least 4 members (excludes halogenated alkanes) is 1. The van der Waals surface area contributed by atoms with Crippen molar-refractivity contribution < 1.29 is 0 Å². The van der Waals surface area contributed by atoms with Crippen LogP contribution in [0.1, 0.15) is 46.0 Å². The lowest BCUT2D eigenvalue weighted by molar-refractivity contribution is 0.258. The highest BCUT2D eigenvalue weighted by atomic mass is 15.2. The van der Waals surface area contributed by atoms with Crippen molar-refractivity contribution in [1.29, 1.82) is 0 Å². The van der Waals surface area contributed by atoms with Gasteiger partial charge < -0.3 is 10.2 Å². The first-order valence-electron chi connectivity index (χ1n) is 6.33. The largest absolute Gasteiger partial charge is 0.317 e. The molecule has 1 fully saturated rings. The van der Waals surface area contributed by atoms with Crippen LogP contribution in [0.2, 0.25) is 0 Å². The monoisotopic (exact) mass is 198 g/mol. The van der Waals surface area contributed by atoms with Gasteiger partial charge in [-0.3, -0.25) is 0 Å². The summed E-state index contributed by atoms with van der Waals surface area (Å²) in [4.78, 5) is 2.69. The molecule has 0 saturated heterocycles. The molecule has 0 aromatic heterocycles. The summed E-state index contributed by atoms with van der Waals surface area (Å²) in [5.41, 5.74) is 0.